The Morgan fingerprint density at radius 1 is 1.04 bits per heavy atom. The summed E-state index contributed by atoms with van der Waals surface area (Å²) >= 11 is 0. The standard InChI is InChI=1S/C19H27N3O2.ClH/c23-18(8-6-14-3-1-2-4-14)22-13-19(24)21-10-15-5-7-16-11-20-12-17(16)9-15;/h5,7,9,14,20H,1-4,6,8,10-13H2,(H,21,24)(H,22,23);1H. The van der Waals surface area contributed by atoms with Gasteiger partial charge in [0.15, 0.2) is 0 Å². The maximum atomic E-state index is 11.9. The normalized spacial score (nSPS) is 16.2. The fourth-order valence-corrected chi connectivity index (χ4v) is 3.62. The molecule has 1 aliphatic heterocycles. The van der Waals surface area contributed by atoms with Gasteiger partial charge in [-0.2, -0.15) is 0 Å². The number of hydrogen-bond donors (Lipinski definition) is 3. The van der Waals surface area contributed by atoms with Crippen LogP contribution >= 0.6 is 12.4 Å². The molecule has 0 aromatic heterocycles. The Kier molecular flexibility index (Phi) is 7.72. The average molecular weight is 366 g/mol. The average Bonchev–Trinajstić information content (AvgIpc) is 3.26. The number of carbonyl (C=O) groups is 2. The Morgan fingerprint density at radius 2 is 1.80 bits per heavy atom. The highest BCUT2D eigenvalue weighted by atomic mass is 35.5. The second-order valence-electron chi connectivity index (χ2n) is 6.95. The third-order valence-corrected chi connectivity index (χ3v) is 5.09. The van der Waals surface area contributed by atoms with E-state index in [1.165, 1.54) is 36.8 Å². The summed E-state index contributed by atoms with van der Waals surface area (Å²) in [5.41, 5.74) is 3.74. The van der Waals surface area contributed by atoms with Gasteiger partial charge >= 0.3 is 0 Å². The number of nitrogens with one attached hydrogen (secondary N) is 3. The summed E-state index contributed by atoms with van der Waals surface area (Å²) in [5, 5.41) is 8.90. The van der Waals surface area contributed by atoms with Crippen LogP contribution in [0.15, 0.2) is 18.2 Å². The molecule has 138 valence electrons. The van der Waals surface area contributed by atoms with Gasteiger partial charge in [0.2, 0.25) is 11.8 Å². The third-order valence-electron chi connectivity index (χ3n) is 5.09. The van der Waals surface area contributed by atoms with E-state index in [1.54, 1.807) is 0 Å². The molecule has 1 aromatic carbocycles. The van der Waals surface area contributed by atoms with Crippen molar-refractivity contribution in [3.63, 3.8) is 0 Å². The number of carbonyl (C=O) groups excluding carboxylic acids is 2. The summed E-state index contributed by atoms with van der Waals surface area (Å²) in [6, 6.07) is 6.30. The van der Waals surface area contributed by atoms with Crippen LogP contribution in [-0.4, -0.2) is 18.4 Å². The Hall–Kier alpha value is -1.59. The second-order valence-corrected chi connectivity index (χ2v) is 6.95. The van der Waals surface area contributed by atoms with Gasteiger partial charge in [-0.15, -0.1) is 12.4 Å². The van der Waals surface area contributed by atoms with Crippen molar-refractivity contribution < 1.29 is 9.59 Å². The first-order chi connectivity index (χ1) is 11.7. The zero-order chi connectivity index (χ0) is 16.8. The number of benzene rings is 1. The number of fused-ring (bicyclic) bond motifs is 1. The molecule has 2 amide bonds. The highest BCUT2D eigenvalue weighted by molar-refractivity contribution is 5.85. The van der Waals surface area contributed by atoms with Crippen molar-refractivity contribution in [2.75, 3.05) is 6.54 Å². The molecule has 0 saturated heterocycles. The molecule has 25 heavy (non-hydrogen) atoms. The summed E-state index contributed by atoms with van der Waals surface area (Å²) in [6.07, 6.45) is 6.60. The molecule has 1 aromatic rings. The predicted molar refractivity (Wildman–Crippen MR) is 100 cm³/mol. The number of halogens is 1. The van der Waals surface area contributed by atoms with E-state index in [0.717, 1.165) is 25.1 Å². The summed E-state index contributed by atoms with van der Waals surface area (Å²) in [7, 11) is 0. The van der Waals surface area contributed by atoms with Crippen LogP contribution in [0.1, 0.15) is 55.2 Å². The summed E-state index contributed by atoms with van der Waals surface area (Å²) in [4.78, 5) is 23.7. The molecule has 1 saturated carbocycles. The van der Waals surface area contributed by atoms with E-state index in [1.807, 2.05) is 6.07 Å². The van der Waals surface area contributed by atoms with Crippen molar-refractivity contribution in [2.24, 2.45) is 5.92 Å². The lowest BCUT2D eigenvalue weighted by Crippen LogP contribution is -2.36. The van der Waals surface area contributed by atoms with Gasteiger partial charge in [-0.3, -0.25) is 9.59 Å². The first-order valence-corrected chi connectivity index (χ1v) is 9.05. The summed E-state index contributed by atoms with van der Waals surface area (Å²) in [5.74, 6) is 0.558. The van der Waals surface area contributed by atoms with Crippen LogP contribution in [0.5, 0.6) is 0 Å². The zero-order valence-electron chi connectivity index (χ0n) is 14.6. The largest absolute Gasteiger partial charge is 0.350 e. The van der Waals surface area contributed by atoms with Crippen LogP contribution in [-0.2, 0) is 29.2 Å². The van der Waals surface area contributed by atoms with E-state index in [-0.39, 0.29) is 30.8 Å². The molecule has 6 heteroatoms. The van der Waals surface area contributed by atoms with Crippen molar-refractivity contribution in [1.29, 1.82) is 0 Å². The van der Waals surface area contributed by atoms with Crippen molar-refractivity contribution in [1.82, 2.24) is 16.0 Å². The highest BCUT2D eigenvalue weighted by Gasteiger charge is 2.16. The molecule has 1 fully saturated rings. The fraction of sp³-hybridized carbons (Fsp3) is 0.579. The molecule has 3 N–H and O–H groups in total. The minimum atomic E-state index is -0.136. The molecular formula is C19H28ClN3O2. The van der Waals surface area contributed by atoms with Crippen molar-refractivity contribution in [3.8, 4) is 0 Å². The molecule has 2 aliphatic rings. The van der Waals surface area contributed by atoms with Crippen molar-refractivity contribution >= 4 is 24.2 Å². The second kappa shape index (κ2) is 9.78. The molecule has 0 spiro atoms. The van der Waals surface area contributed by atoms with E-state index in [9.17, 15) is 9.59 Å². The minimum Gasteiger partial charge on any atom is -0.350 e. The SMILES string of the molecule is Cl.O=C(CCC1CCCC1)NCC(=O)NCc1ccc2c(c1)CNC2. The Bertz CT molecular complexity index is 600. The maximum Gasteiger partial charge on any atom is 0.239 e. The van der Waals surface area contributed by atoms with Gasteiger partial charge in [0.25, 0.3) is 0 Å². The number of hydrogen-bond acceptors (Lipinski definition) is 3. The smallest absolute Gasteiger partial charge is 0.239 e. The van der Waals surface area contributed by atoms with Gasteiger partial charge < -0.3 is 16.0 Å². The van der Waals surface area contributed by atoms with Gasteiger partial charge in [0.1, 0.15) is 0 Å². The molecule has 3 rings (SSSR count). The van der Waals surface area contributed by atoms with Crippen LogP contribution in [0.4, 0.5) is 0 Å². The van der Waals surface area contributed by atoms with E-state index in [2.05, 4.69) is 28.1 Å². The minimum absolute atomic E-state index is 0. The lowest BCUT2D eigenvalue weighted by Gasteiger charge is -2.10. The van der Waals surface area contributed by atoms with Crippen LogP contribution in [0.3, 0.4) is 0 Å². The summed E-state index contributed by atoms with van der Waals surface area (Å²) < 4.78 is 0. The van der Waals surface area contributed by atoms with Gasteiger partial charge in [0, 0.05) is 26.1 Å². The first-order valence-electron chi connectivity index (χ1n) is 9.05. The Labute approximate surface area is 155 Å². The topological polar surface area (TPSA) is 70.2 Å². The first kappa shape index (κ1) is 19.7. The molecule has 0 radical (unpaired) electrons. The van der Waals surface area contributed by atoms with Crippen LogP contribution < -0.4 is 16.0 Å². The van der Waals surface area contributed by atoms with Crippen molar-refractivity contribution in [2.45, 2.75) is 58.2 Å². The van der Waals surface area contributed by atoms with E-state index < -0.39 is 0 Å². The predicted octanol–water partition coefficient (Wildman–Crippen LogP) is 2.41. The van der Waals surface area contributed by atoms with E-state index >= 15 is 0 Å². The number of rotatable bonds is 7. The molecule has 0 unspecified atom stereocenters. The molecule has 0 atom stereocenters. The van der Waals surface area contributed by atoms with Gasteiger partial charge in [-0.05, 0) is 29.0 Å². The maximum absolute atomic E-state index is 11.9. The van der Waals surface area contributed by atoms with Crippen molar-refractivity contribution in [3.05, 3.63) is 34.9 Å². The quantitative estimate of drug-likeness (QED) is 0.695. The molecule has 0 bridgehead atoms. The molecule has 5 nitrogen and oxygen atoms in total. The van der Waals surface area contributed by atoms with Gasteiger partial charge in [-0.1, -0.05) is 43.9 Å². The van der Waals surface area contributed by atoms with Crippen LogP contribution in [0.2, 0.25) is 0 Å². The molecular weight excluding hydrogens is 338 g/mol. The lowest BCUT2D eigenvalue weighted by atomic mass is 10.0. The van der Waals surface area contributed by atoms with Crippen LogP contribution in [0.25, 0.3) is 0 Å². The fourth-order valence-electron chi connectivity index (χ4n) is 3.62. The monoisotopic (exact) mass is 365 g/mol. The number of amides is 2. The lowest BCUT2D eigenvalue weighted by molar-refractivity contribution is -0.126. The Balaban J connectivity index is 0.00000225. The zero-order valence-corrected chi connectivity index (χ0v) is 15.4. The molecule has 1 heterocycles. The van der Waals surface area contributed by atoms with E-state index in [4.69, 9.17) is 0 Å². The van der Waals surface area contributed by atoms with E-state index in [0.29, 0.717) is 18.9 Å². The van der Waals surface area contributed by atoms with Crippen LogP contribution in [0, 0.1) is 5.92 Å². The highest BCUT2D eigenvalue weighted by Crippen LogP contribution is 2.28. The molecule has 1 aliphatic carbocycles. The summed E-state index contributed by atoms with van der Waals surface area (Å²) in [6.45, 7) is 2.39. The Morgan fingerprint density at radius 3 is 2.60 bits per heavy atom. The third kappa shape index (κ3) is 6.01. The van der Waals surface area contributed by atoms with Gasteiger partial charge in [0.05, 0.1) is 6.54 Å². The van der Waals surface area contributed by atoms with Gasteiger partial charge in [-0.25, -0.2) is 0 Å².